The van der Waals surface area contributed by atoms with Crippen molar-refractivity contribution in [3.63, 3.8) is 0 Å². The molecule has 0 aromatic carbocycles. The minimum absolute atomic E-state index is 0.272. The van der Waals surface area contributed by atoms with Crippen LogP contribution in [0.4, 0.5) is 39.5 Å². The number of piperazine rings is 1. The molecule has 156 valence electrons. The van der Waals surface area contributed by atoms with Crippen LogP contribution in [0.2, 0.25) is 0 Å². The maximum atomic E-state index is 13.7. The average molecular weight is 447 g/mol. The molecule has 0 radical (unpaired) electrons. The smallest absolute Gasteiger partial charge is 0.314 e. The first-order chi connectivity index (χ1) is 11.3. The first kappa shape index (κ1) is 23.2. The van der Waals surface area contributed by atoms with Crippen molar-refractivity contribution in [1.82, 2.24) is 14.3 Å². The lowest BCUT2D eigenvalue weighted by molar-refractivity contribution is -0.285. The van der Waals surface area contributed by atoms with E-state index in [1.54, 1.807) is 0 Å². The predicted octanol–water partition coefficient (Wildman–Crippen LogP) is 0.482. The van der Waals surface area contributed by atoms with Crippen LogP contribution < -0.4 is 10.0 Å². The number of sulfonamides is 2. The van der Waals surface area contributed by atoms with Crippen molar-refractivity contribution < 1.29 is 56.3 Å². The van der Waals surface area contributed by atoms with E-state index >= 15 is 0 Å². The molecule has 0 aliphatic carbocycles. The second kappa shape index (κ2) is 6.64. The number of nitrogens with one attached hydrogen (secondary N) is 2. The van der Waals surface area contributed by atoms with Crippen LogP contribution in [0.15, 0.2) is 0 Å². The van der Waals surface area contributed by atoms with Crippen LogP contribution in [0.1, 0.15) is 0 Å². The van der Waals surface area contributed by atoms with Crippen molar-refractivity contribution in [3.8, 4) is 0 Å². The largest absolute Gasteiger partial charge is 0.511 e. The summed E-state index contributed by atoms with van der Waals surface area (Å²) < 4.78 is 160. The summed E-state index contributed by atoms with van der Waals surface area (Å²) in [5.41, 5.74) is -6.54. The number of hydrogen-bond acceptors (Lipinski definition) is 5. The lowest BCUT2D eigenvalue weighted by Gasteiger charge is -2.36. The van der Waals surface area contributed by atoms with Crippen LogP contribution in [0.3, 0.4) is 0 Å². The highest BCUT2D eigenvalue weighted by atomic mass is 32.2. The molecule has 26 heavy (non-hydrogen) atoms. The SMILES string of the molecule is O=S(=O)(NC(F)(F)C(F)(F)C(F)(F)S(=O)(=O)N1CCNCC1)C(F)(F)F. The molecule has 0 atom stereocenters. The predicted molar refractivity (Wildman–Crippen MR) is 66.3 cm³/mol. The zero-order valence-corrected chi connectivity index (χ0v) is 13.8. The Morgan fingerprint density at radius 2 is 1.23 bits per heavy atom. The van der Waals surface area contributed by atoms with Gasteiger partial charge in [0.05, 0.1) is 0 Å². The molecule has 7 nitrogen and oxygen atoms in total. The lowest BCUT2D eigenvalue weighted by atomic mass is 10.3. The van der Waals surface area contributed by atoms with Gasteiger partial charge in [0.2, 0.25) is 0 Å². The van der Waals surface area contributed by atoms with E-state index in [1.165, 1.54) is 0 Å². The Balaban J connectivity index is 3.31. The molecule has 0 bridgehead atoms. The molecule has 0 unspecified atom stereocenters. The van der Waals surface area contributed by atoms with Crippen molar-refractivity contribution in [2.24, 2.45) is 0 Å². The van der Waals surface area contributed by atoms with Crippen molar-refractivity contribution in [1.29, 1.82) is 0 Å². The minimum atomic E-state index is -7.20. The zero-order chi connectivity index (χ0) is 20.8. The van der Waals surface area contributed by atoms with E-state index in [0.717, 1.165) is 0 Å². The summed E-state index contributed by atoms with van der Waals surface area (Å²) in [4.78, 5) is 0. The Morgan fingerprint density at radius 3 is 1.62 bits per heavy atom. The van der Waals surface area contributed by atoms with E-state index in [2.05, 4.69) is 5.32 Å². The van der Waals surface area contributed by atoms with Crippen molar-refractivity contribution in [2.75, 3.05) is 26.2 Å². The van der Waals surface area contributed by atoms with Gasteiger partial charge in [0.25, 0.3) is 10.0 Å². The van der Waals surface area contributed by atoms with Crippen LogP contribution in [0.5, 0.6) is 0 Å². The highest BCUT2D eigenvalue weighted by Crippen LogP contribution is 2.49. The molecule has 1 rings (SSSR count). The molecule has 1 saturated heterocycles. The first-order valence-corrected chi connectivity index (χ1v) is 9.18. The number of hydrogen-bond donors (Lipinski definition) is 2. The van der Waals surface area contributed by atoms with Crippen molar-refractivity contribution in [2.45, 2.75) is 22.7 Å². The Bertz CT molecular complexity index is 729. The van der Waals surface area contributed by atoms with Gasteiger partial charge in [-0.2, -0.15) is 43.8 Å². The van der Waals surface area contributed by atoms with Gasteiger partial charge in [-0.05, 0) is 0 Å². The molecule has 0 spiro atoms. The summed E-state index contributed by atoms with van der Waals surface area (Å²) in [7, 11) is -13.7. The summed E-state index contributed by atoms with van der Waals surface area (Å²) in [6.45, 7) is -2.21. The molecule has 0 saturated carbocycles. The molecule has 1 aliphatic rings. The van der Waals surface area contributed by atoms with E-state index < -0.39 is 60.6 Å². The highest BCUT2D eigenvalue weighted by Gasteiger charge is 2.79. The molecule has 1 aliphatic heterocycles. The molecule has 2 N–H and O–H groups in total. The van der Waals surface area contributed by atoms with Gasteiger partial charge in [-0.1, -0.05) is 0 Å². The lowest BCUT2D eigenvalue weighted by Crippen LogP contribution is -2.67. The Hall–Kier alpha value is -0.850. The van der Waals surface area contributed by atoms with Gasteiger partial charge in [0.1, 0.15) is 0 Å². The normalized spacial score (nSPS) is 19.6. The van der Waals surface area contributed by atoms with Gasteiger partial charge >= 0.3 is 32.8 Å². The first-order valence-electron chi connectivity index (χ1n) is 6.25. The maximum absolute atomic E-state index is 13.7. The topological polar surface area (TPSA) is 95.6 Å². The fourth-order valence-corrected chi connectivity index (χ4v) is 3.70. The van der Waals surface area contributed by atoms with Crippen LogP contribution in [0, 0.1) is 0 Å². The van der Waals surface area contributed by atoms with E-state index in [9.17, 15) is 56.3 Å². The maximum Gasteiger partial charge on any atom is 0.511 e. The summed E-state index contributed by atoms with van der Waals surface area (Å²) in [6, 6.07) is -6.79. The van der Waals surface area contributed by atoms with Crippen molar-refractivity contribution >= 4 is 20.0 Å². The van der Waals surface area contributed by atoms with E-state index in [4.69, 9.17) is 0 Å². The third-order valence-electron chi connectivity index (χ3n) is 3.07. The van der Waals surface area contributed by atoms with Gasteiger partial charge in [-0.25, -0.2) is 16.8 Å². The van der Waals surface area contributed by atoms with E-state index in [1.807, 2.05) is 0 Å². The summed E-state index contributed by atoms with van der Waals surface area (Å²) in [5, 5.41) is -4.18. The highest BCUT2D eigenvalue weighted by molar-refractivity contribution is 7.90. The van der Waals surface area contributed by atoms with Crippen molar-refractivity contribution in [3.05, 3.63) is 0 Å². The second-order valence-corrected chi connectivity index (χ2v) is 8.52. The molecule has 18 heteroatoms. The van der Waals surface area contributed by atoms with Gasteiger partial charge in [0.15, 0.2) is 0 Å². The van der Waals surface area contributed by atoms with Crippen LogP contribution >= 0.6 is 0 Å². The number of alkyl halides is 9. The van der Waals surface area contributed by atoms with Gasteiger partial charge in [0, 0.05) is 26.2 Å². The standard InChI is InChI=1S/C8H10F9N3O4S2/c9-5(10,6(11,12)19-25(21,22)8(15,16)17)7(13,14)26(23,24)20-3-1-18-2-4-20/h18-19H,1-4H2. The monoisotopic (exact) mass is 447 g/mol. The molecular weight excluding hydrogens is 437 g/mol. The minimum Gasteiger partial charge on any atom is -0.314 e. The van der Waals surface area contributed by atoms with Crippen LogP contribution in [-0.4, -0.2) is 70.1 Å². The van der Waals surface area contributed by atoms with Gasteiger partial charge in [-0.3, -0.25) is 0 Å². The zero-order valence-electron chi connectivity index (χ0n) is 12.1. The fraction of sp³-hybridized carbons (Fsp3) is 1.00. The molecule has 0 amide bonds. The Kier molecular flexibility index (Phi) is 5.92. The summed E-state index contributed by atoms with van der Waals surface area (Å²) in [5.74, 6) is -7.05. The van der Waals surface area contributed by atoms with E-state index in [-0.39, 0.29) is 17.4 Å². The molecule has 1 heterocycles. The molecule has 1 fully saturated rings. The number of nitrogens with zero attached hydrogens (tertiary/aromatic N) is 1. The molecule has 0 aromatic rings. The Morgan fingerprint density at radius 1 is 0.808 bits per heavy atom. The van der Waals surface area contributed by atoms with Gasteiger partial charge in [-0.15, -0.1) is 4.72 Å². The van der Waals surface area contributed by atoms with E-state index in [0.29, 0.717) is 0 Å². The molecule has 0 aromatic heterocycles. The van der Waals surface area contributed by atoms with Gasteiger partial charge < -0.3 is 5.32 Å². The number of halogens is 9. The Labute approximate surface area is 140 Å². The third-order valence-corrected chi connectivity index (χ3v) is 6.15. The summed E-state index contributed by atoms with van der Waals surface area (Å²) in [6.07, 6.45) is 0. The fourth-order valence-electron chi connectivity index (χ4n) is 1.68. The third kappa shape index (κ3) is 3.73. The quantitative estimate of drug-likeness (QED) is 0.457. The summed E-state index contributed by atoms with van der Waals surface area (Å²) >= 11 is 0. The van der Waals surface area contributed by atoms with Crippen LogP contribution in [0.25, 0.3) is 0 Å². The average Bonchev–Trinajstić information content (AvgIpc) is 2.45. The van der Waals surface area contributed by atoms with Crippen LogP contribution in [-0.2, 0) is 20.0 Å². The second-order valence-electron chi connectivity index (χ2n) is 4.87. The number of rotatable bonds is 6. The molecular formula is C8H10F9N3O4S2.